The second-order valence-electron chi connectivity index (χ2n) is 7.05. The van der Waals surface area contributed by atoms with Gasteiger partial charge in [0.2, 0.25) is 5.91 Å². The van der Waals surface area contributed by atoms with Crippen LogP contribution in [0, 0.1) is 6.92 Å². The van der Waals surface area contributed by atoms with Crippen molar-refractivity contribution in [1.82, 2.24) is 15.2 Å². The number of aryl methyl sites for hydroxylation is 1. The first-order valence-corrected chi connectivity index (χ1v) is 10.3. The topological polar surface area (TPSA) is 57.3 Å². The second kappa shape index (κ2) is 9.39. The molecule has 0 radical (unpaired) electrons. The Hall–Kier alpha value is -2.41. The van der Waals surface area contributed by atoms with E-state index in [4.69, 9.17) is 0 Å². The quantitative estimate of drug-likeness (QED) is 0.611. The summed E-state index contributed by atoms with van der Waals surface area (Å²) in [5, 5.41) is 7.94. The van der Waals surface area contributed by atoms with Crippen LogP contribution in [0.1, 0.15) is 21.6 Å². The summed E-state index contributed by atoms with van der Waals surface area (Å²) >= 11 is 1.76. The van der Waals surface area contributed by atoms with Crippen LogP contribution in [-0.2, 0) is 17.9 Å². The summed E-state index contributed by atoms with van der Waals surface area (Å²) < 4.78 is 1.27. The summed E-state index contributed by atoms with van der Waals surface area (Å²) in [6.07, 6.45) is 5.27. The highest BCUT2D eigenvalue weighted by Gasteiger charge is 2.13. The minimum atomic E-state index is -0.0111. The molecule has 0 bridgehead atoms. The molecule has 0 saturated carbocycles. The van der Waals surface area contributed by atoms with Crippen molar-refractivity contribution in [1.29, 1.82) is 0 Å². The largest absolute Gasteiger partial charge is 0.369 e. The zero-order valence-corrected chi connectivity index (χ0v) is 18.2. The molecule has 1 aliphatic heterocycles. The molecular weight excluding hydrogens is 404 g/mol. The van der Waals surface area contributed by atoms with Crippen molar-refractivity contribution >= 4 is 51.6 Å². The van der Waals surface area contributed by atoms with Crippen LogP contribution in [0.15, 0.2) is 42.6 Å². The summed E-state index contributed by atoms with van der Waals surface area (Å²) in [6.45, 7) is 5.32. The van der Waals surface area contributed by atoms with Gasteiger partial charge in [-0.3, -0.25) is 4.79 Å². The van der Waals surface area contributed by atoms with Gasteiger partial charge >= 0.3 is 0 Å². The number of aromatic nitrogens is 1. The average Bonchev–Trinajstić information content (AvgIpc) is 2.88. The Morgan fingerprint density at radius 2 is 2.14 bits per heavy atom. The average molecular weight is 429 g/mol. The van der Waals surface area contributed by atoms with Crippen LogP contribution in [0.5, 0.6) is 0 Å². The van der Waals surface area contributed by atoms with Crippen molar-refractivity contribution in [3.8, 4) is 0 Å². The van der Waals surface area contributed by atoms with Crippen molar-refractivity contribution in [2.45, 2.75) is 20.0 Å². The number of nitrogens with one attached hydrogen (secondary N) is 2. The van der Waals surface area contributed by atoms with Gasteiger partial charge in [0.15, 0.2) is 0 Å². The number of likely N-dealkylation sites (N-methyl/N-ethyl adjacent to an activating group) is 1. The van der Waals surface area contributed by atoms with Crippen LogP contribution in [0.4, 0.5) is 5.82 Å². The lowest BCUT2D eigenvalue weighted by atomic mass is 10.1. The fourth-order valence-electron chi connectivity index (χ4n) is 3.37. The number of halogens is 1. The van der Waals surface area contributed by atoms with Gasteiger partial charge in [0, 0.05) is 54.1 Å². The van der Waals surface area contributed by atoms with E-state index in [0.717, 1.165) is 36.6 Å². The number of thiophene rings is 1. The number of pyridine rings is 1. The zero-order chi connectivity index (χ0) is 19.5. The highest BCUT2D eigenvalue weighted by molar-refractivity contribution is 7.19. The number of nitrogens with zero attached hydrogens (tertiary/aromatic N) is 2. The summed E-state index contributed by atoms with van der Waals surface area (Å²) in [7, 11) is 1.85. The van der Waals surface area contributed by atoms with E-state index in [2.05, 4.69) is 52.9 Å². The van der Waals surface area contributed by atoms with Crippen molar-refractivity contribution in [3.63, 3.8) is 0 Å². The monoisotopic (exact) mass is 428 g/mol. The van der Waals surface area contributed by atoms with E-state index >= 15 is 0 Å². The molecule has 152 valence electrons. The van der Waals surface area contributed by atoms with Gasteiger partial charge < -0.3 is 15.5 Å². The minimum Gasteiger partial charge on any atom is -0.369 e. The van der Waals surface area contributed by atoms with Gasteiger partial charge in [-0.1, -0.05) is 18.2 Å². The lowest BCUT2D eigenvalue weighted by Crippen LogP contribution is -2.23. The van der Waals surface area contributed by atoms with E-state index in [9.17, 15) is 4.79 Å². The van der Waals surface area contributed by atoms with Gasteiger partial charge in [-0.15, -0.1) is 23.7 Å². The molecule has 3 heterocycles. The van der Waals surface area contributed by atoms with Crippen LogP contribution < -0.4 is 10.6 Å². The van der Waals surface area contributed by atoms with Crippen molar-refractivity contribution in [2.24, 2.45) is 0 Å². The number of fused-ring (bicyclic) bond motifs is 2. The smallest absolute Gasteiger partial charge is 0.246 e. The van der Waals surface area contributed by atoms with Gasteiger partial charge in [-0.25, -0.2) is 4.98 Å². The van der Waals surface area contributed by atoms with Crippen molar-refractivity contribution < 1.29 is 4.79 Å². The first-order chi connectivity index (χ1) is 13.6. The van der Waals surface area contributed by atoms with Gasteiger partial charge in [-0.05, 0) is 41.6 Å². The molecule has 2 aromatic heterocycles. The molecule has 5 nitrogen and oxygen atoms in total. The zero-order valence-electron chi connectivity index (χ0n) is 16.6. The third-order valence-electron chi connectivity index (χ3n) is 5.02. The molecule has 3 aromatic rings. The highest BCUT2D eigenvalue weighted by atomic mass is 35.5. The van der Waals surface area contributed by atoms with Crippen LogP contribution in [0.3, 0.4) is 0 Å². The second-order valence-corrected chi connectivity index (χ2v) is 8.19. The first kappa shape index (κ1) is 21.3. The van der Waals surface area contributed by atoms with Gasteiger partial charge in [-0.2, -0.15) is 0 Å². The van der Waals surface area contributed by atoms with Crippen LogP contribution in [0.25, 0.3) is 16.2 Å². The molecule has 2 N–H and O–H groups in total. The summed E-state index contributed by atoms with van der Waals surface area (Å²) in [5.74, 6) is 0.911. The number of hydrogen-bond acceptors (Lipinski definition) is 5. The lowest BCUT2D eigenvalue weighted by Gasteiger charge is -2.14. The van der Waals surface area contributed by atoms with Crippen molar-refractivity contribution in [3.05, 3.63) is 64.2 Å². The molecular formula is C22H25ClN4OS. The maximum absolute atomic E-state index is 12.6. The molecule has 1 aliphatic rings. The Kier molecular flexibility index (Phi) is 6.90. The third kappa shape index (κ3) is 4.78. The van der Waals surface area contributed by atoms with E-state index in [1.165, 1.54) is 20.5 Å². The molecule has 7 heteroatoms. The summed E-state index contributed by atoms with van der Waals surface area (Å²) in [6, 6.07) is 10.5. The molecule has 1 aromatic carbocycles. The van der Waals surface area contributed by atoms with Crippen LogP contribution in [-0.4, -0.2) is 35.9 Å². The molecule has 0 spiro atoms. The number of benzene rings is 1. The van der Waals surface area contributed by atoms with E-state index in [1.54, 1.807) is 28.5 Å². The first-order valence-electron chi connectivity index (χ1n) is 9.45. The number of carbonyl (C=O) groups excluding carboxylic acids is 1. The van der Waals surface area contributed by atoms with E-state index in [-0.39, 0.29) is 18.3 Å². The summed E-state index contributed by atoms with van der Waals surface area (Å²) in [5.41, 5.74) is 3.32. The number of carbonyl (C=O) groups is 1. The van der Waals surface area contributed by atoms with E-state index in [1.807, 2.05) is 13.1 Å². The van der Waals surface area contributed by atoms with Crippen LogP contribution >= 0.6 is 23.7 Å². The van der Waals surface area contributed by atoms with E-state index < -0.39 is 0 Å². The number of anilines is 1. The molecule has 0 unspecified atom stereocenters. The minimum absolute atomic E-state index is 0. The van der Waals surface area contributed by atoms with Crippen molar-refractivity contribution in [2.75, 3.05) is 25.5 Å². The fraction of sp³-hybridized carbons (Fsp3) is 0.273. The third-order valence-corrected chi connectivity index (χ3v) is 6.27. The normalized spacial score (nSPS) is 13.4. The van der Waals surface area contributed by atoms with Gasteiger partial charge in [0.05, 0.1) is 6.54 Å². The Labute approximate surface area is 181 Å². The van der Waals surface area contributed by atoms with E-state index in [0.29, 0.717) is 6.54 Å². The Bertz CT molecular complexity index is 1050. The Morgan fingerprint density at radius 1 is 1.31 bits per heavy atom. The highest BCUT2D eigenvalue weighted by Crippen LogP contribution is 2.31. The predicted octanol–water partition coefficient (Wildman–Crippen LogP) is 4.21. The number of hydrogen-bond donors (Lipinski definition) is 2. The Morgan fingerprint density at radius 3 is 2.97 bits per heavy atom. The van der Waals surface area contributed by atoms with Gasteiger partial charge in [0.1, 0.15) is 5.82 Å². The molecule has 0 atom stereocenters. The summed E-state index contributed by atoms with van der Waals surface area (Å²) in [4.78, 5) is 20.1. The maximum atomic E-state index is 12.6. The van der Waals surface area contributed by atoms with Gasteiger partial charge in [0.25, 0.3) is 0 Å². The molecule has 0 fully saturated rings. The predicted molar refractivity (Wildman–Crippen MR) is 124 cm³/mol. The number of amides is 1. The number of rotatable bonds is 4. The maximum Gasteiger partial charge on any atom is 0.246 e. The molecule has 4 rings (SSSR count). The fourth-order valence-corrected chi connectivity index (χ4v) is 4.63. The molecule has 0 saturated heterocycles. The SMILES string of the molecule is Cc1c(CN(C)C(=O)C=Cc2cnc3c(c2)CNCCN3)sc2ccccc12.Cl. The lowest BCUT2D eigenvalue weighted by molar-refractivity contribution is -0.125. The molecule has 29 heavy (non-hydrogen) atoms. The standard InChI is InChI=1S/C22H24N4OS.ClH/c1-15-18-5-3-4-6-19(18)28-20(15)14-26(2)21(27)8-7-16-11-17-13-23-9-10-24-22(17)25-12-16;/h3-8,11-12,23H,9-10,13-14H2,1-2H3,(H,24,25);1H. The molecule has 0 aliphatic carbocycles. The Balaban J connectivity index is 0.00000240. The molecule has 1 amide bonds. The van der Waals surface area contributed by atoms with Crippen LogP contribution in [0.2, 0.25) is 0 Å².